The van der Waals surface area contributed by atoms with Crippen LogP contribution in [0.2, 0.25) is 0 Å². The second-order valence-corrected chi connectivity index (χ2v) is 6.06. The van der Waals surface area contributed by atoms with Gasteiger partial charge in [-0.2, -0.15) is 0 Å². The molecule has 0 aliphatic heterocycles. The average molecular weight is 355 g/mol. The van der Waals surface area contributed by atoms with Crippen molar-refractivity contribution in [2.45, 2.75) is 0 Å². The molecule has 0 saturated carbocycles. The predicted molar refractivity (Wildman–Crippen MR) is 106 cm³/mol. The number of pyridine rings is 1. The van der Waals surface area contributed by atoms with Gasteiger partial charge < -0.3 is 9.88 Å². The van der Waals surface area contributed by atoms with E-state index in [0.717, 1.165) is 39.1 Å². The molecule has 0 bridgehead atoms. The third-order valence-corrected chi connectivity index (χ3v) is 4.44. The van der Waals surface area contributed by atoms with E-state index in [4.69, 9.17) is 0 Å². The smallest absolute Gasteiger partial charge is 0.250 e. The summed E-state index contributed by atoms with van der Waals surface area (Å²) >= 11 is 0. The van der Waals surface area contributed by atoms with Gasteiger partial charge in [0, 0.05) is 54.0 Å². The summed E-state index contributed by atoms with van der Waals surface area (Å²) < 4.78 is 0. The lowest BCUT2D eigenvalue weighted by Crippen LogP contribution is -2.23. The van der Waals surface area contributed by atoms with Gasteiger partial charge in [0.25, 0.3) is 0 Å². The molecule has 3 heterocycles. The molecule has 3 aromatic heterocycles. The maximum Gasteiger partial charge on any atom is 0.250 e. The first-order chi connectivity index (χ1) is 13.2. The number of likely N-dealkylation sites (N-methyl/N-ethyl adjacent to an activating group) is 1. The Bertz CT molecular complexity index is 1130. The van der Waals surface area contributed by atoms with Gasteiger partial charge in [-0.15, -0.1) is 0 Å². The van der Waals surface area contributed by atoms with E-state index < -0.39 is 0 Å². The molecule has 0 spiro atoms. The Hall–Kier alpha value is -3.80. The highest BCUT2D eigenvalue weighted by molar-refractivity contribution is 6.01. The summed E-state index contributed by atoms with van der Waals surface area (Å²) in [7, 11) is 1.73. The minimum atomic E-state index is -0.156. The van der Waals surface area contributed by atoms with E-state index >= 15 is 0 Å². The van der Waals surface area contributed by atoms with Crippen LogP contribution in [-0.2, 0) is 4.79 Å². The number of hydrogen-bond acceptors (Lipinski definition) is 4. The number of nitrogens with zero attached hydrogens (tertiary/aromatic N) is 4. The number of nitrogens with one attached hydrogen (secondary N) is 1. The molecule has 132 valence electrons. The van der Waals surface area contributed by atoms with Crippen LogP contribution in [0, 0.1) is 0 Å². The van der Waals surface area contributed by atoms with Gasteiger partial charge in [-0.25, -0.2) is 4.98 Å². The van der Waals surface area contributed by atoms with Gasteiger partial charge in [0.2, 0.25) is 5.91 Å². The number of carbonyl (C=O) groups excluding carboxylic acids is 1. The first-order valence-corrected chi connectivity index (χ1v) is 8.41. The molecule has 0 saturated heterocycles. The molecule has 1 aromatic carbocycles. The Balaban J connectivity index is 1.79. The van der Waals surface area contributed by atoms with Crippen LogP contribution in [0.4, 0.5) is 5.69 Å². The summed E-state index contributed by atoms with van der Waals surface area (Å²) in [6.07, 6.45) is 10.0. The Morgan fingerprint density at radius 3 is 2.81 bits per heavy atom. The molecule has 4 rings (SSSR count). The van der Waals surface area contributed by atoms with Crippen molar-refractivity contribution >= 4 is 22.6 Å². The largest absolute Gasteiger partial charge is 0.345 e. The summed E-state index contributed by atoms with van der Waals surface area (Å²) in [5, 5.41) is 0.967. The van der Waals surface area contributed by atoms with Crippen molar-refractivity contribution in [2.75, 3.05) is 11.9 Å². The Kier molecular flexibility index (Phi) is 4.22. The van der Waals surface area contributed by atoms with Crippen LogP contribution in [0.1, 0.15) is 0 Å². The number of rotatable bonds is 4. The van der Waals surface area contributed by atoms with Crippen molar-refractivity contribution in [3.05, 3.63) is 74.0 Å². The fraction of sp³-hybridized carbons (Fsp3) is 0.0476. The summed E-state index contributed by atoms with van der Waals surface area (Å²) in [4.78, 5) is 29.7. The van der Waals surface area contributed by atoms with E-state index in [1.165, 1.54) is 6.08 Å². The highest BCUT2D eigenvalue weighted by atomic mass is 16.2. The lowest BCUT2D eigenvalue weighted by atomic mass is 10.0. The second-order valence-electron chi connectivity index (χ2n) is 6.06. The van der Waals surface area contributed by atoms with Crippen LogP contribution in [0.3, 0.4) is 0 Å². The van der Waals surface area contributed by atoms with E-state index in [0.29, 0.717) is 0 Å². The van der Waals surface area contributed by atoms with Gasteiger partial charge in [0.15, 0.2) is 0 Å². The van der Waals surface area contributed by atoms with Crippen LogP contribution < -0.4 is 4.90 Å². The molecule has 0 fully saturated rings. The molecular formula is C21H17N5O. The Labute approximate surface area is 156 Å². The number of benzene rings is 1. The topological polar surface area (TPSA) is 74.8 Å². The average Bonchev–Trinajstić information content (AvgIpc) is 3.16. The normalized spacial score (nSPS) is 10.7. The number of amides is 1. The molecular weight excluding hydrogens is 338 g/mol. The molecule has 4 aromatic rings. The van der Waals surface area contributed by atoms with E-state index in [9.17, 15) is 4.79 Å². The van der Waals surface area contributed by atoms with Crippen molar-refractivity contribution in [3.63, 3.8) is 0 Å². The second kappa shape index (κ2) is 6.84. The fourth-order valence-electron chi connectivity index (χ4n) is 2.97. The van der Waals surface area contributed by atoms with Crippen LogP contribution >= 0.6 is 0 Å². The van der Waals surface area contributed by atoms with Gasteiger partial charge in [-0.1, -0.05) is 18.7 Å². The van der Waals surface area contributed by atoms with Gasteiger partial charge >= 0.3 is 0 Å². The van der Waals surface area contributed by atoms with Crippen molar-refractivity contribution in [2.24, 2.45) is 0 Å². The van der Waals surface area contributed by atoms with Gasteiger partial charge in [0.1, 0.15) is 5.65 Å². The number of hydrogen-bond donors (Lipinski definition) is 1. The molecule has 0 atom stereocenters. The molecule has 1 N–H and O–H groups in total. The van der Waals surface area contributed by atoms with Crippen molar-refractivity contribution in [1.29, 1.82) is 0 Å². The number of H-pyrrole nitrogens is 1. The molecule has 6 heteroatoms. The first kappa shape index (κ1) is 16.7. The molecule has 1 amide bonds. The van der Waals surface area contributed by atoms with Crippen LogP contribution in [0.5, 0.6) is 0 Å². The number of carbonyl (C=O) groups is 1. The third kappa shape index (κ3) is 3.08. The summed E-state index contributed by atoms with van der Waals surface area (Å²) in [6, 6.07) is 9.82. The van der Waals surface area contributed by atoms with Gasteiger partial charge in [0.05, 0.1) is 11.9 Å². The minimum absolute atomic E-state index is 0.156. The molecule has 0 aliphatic carbocycles. The fourth-order valence-corrected chi connectivity index (χ4v) is 2.97. The molecule has 6 nitrogen and oxygen atoms in total. The van der Waals surface area contributed by atoms with E-state index in [1.54, 1.807) is 30.5 Å². The summed E-state index contributed by atoms with van der Waals surface area (Å²) in [5.41, 5.74) is 5.23. The number of anilines is 1. The number of aromatic nitrogens is 4. The lowest BCUT2D eigenvalue weighted by molar-refractivity contribution is -0.113. The van der Waals surface area contributed by atoms with Gasteiger partial charge in [-0.3, -0.25) is 14.8 Å². The zero-order valence-electron chi connectivity index (χ0n) is 14.8. The van der Waals surface area contributed by atoms with E-state index in [1.807, 2.05) is 36.7 Å². The first-order valence-electron chi connectivity index (χ1n) is 8.41. The minimum Gasteiger partial charge on any atom is -0.345 e. The highest BCUT2D eigenvalue weighted by Gasteiger charge is 2.12. The highest BCUT2D eigenvalue weighted by Crippen LogP contribution is 2.31. The van der Waals surface area contributed by atoms with Crippen LogP contribution in [0.25, 0.3) is 33.4 Å². The SMILES string of the molecule is C=CC(=O)N(C)c1cccc(-c2cnc3[nH]cc(-c4cnccn4)c3c2)c1. The number of fused-ring (bicyclic) bond motifs is 1. The predicted octanol–water partition coefficient (Wildman–Crippen LogP) is 3.84. The maximum absolute atomic E-state index is 11.9. The molecule has 0 unspecified atom stereocenters. The lowest BCUT2D eigenvalue weighted by Gasteiger charge is -2.16. The Morgan fingerprint density at radius 2 is 2.04 bits per heavy atom. The zero-order chi connectivity index (χ0) is 18.8. The van der Waals surface area contributed by atoms with E-state index in [-0.39, 0.29) is 5.91 Å². The summed E-state index contributed by atoms with van der Waals surface area (Å²) in [5.74, 6) is -0.156. The van der Waals surface area contributed by atoms with Crippen LogP contribution in [0.15, 0.2) is 74.0 Å². The molecule has 27 heavy (non-hydrogen) atoms. The van der Waals surface area contributed by atoms with E-state index in [2.05, 4.69) is 32.6 Å². The molecule has 0 aliphatic rings. The monoisotopic (exact) mass is 355 g/mol. The standard InChI is InChI=1S/C21H17N5O/c1-3-20(27)26(2)16-6-4-5-14(9-16)15-10-17-18(12-25-21(17)24-11-15)19-13-22-7-8-23-19/h3-13H,1H2,2H3,(H,24,25). The molecule has 0 radical (unpaired) electrons. The van der Waals surface area contributed by atoms with Crippen molar-refractivity contribution < 1.29 is 4.79 Å². The number of aromatic amines is 1. The third-order valence-electron chi connectivity index (χ3n) is 4.44. The van der Waals surface area contributed by atoms with Crippen molar-refractivity contribution in [3.8, 4) is 22.4 Å². The quantitative estimate of drug-likeness (QED) is 0.565. The van der Waals surface area contributed by atoms with Gasteiger partial charge in [-0.05, 0) is 29.8 Å². The summed E-state index contributed by atoms with van der Waals surface area (Å²) in [6.45, 7) is 3.54. The van der Waals surface area contributed by atoms with Crippen LogP contribution in [-0.4, -0.2) is 32.9 Å². The van der Waals surface area contributed by atoms with Crippen molar-refractivity contribution in [1.82, 2.24) is 19.9 Å². The maximum atomic E-state index is 11.9. The Morgan fingerprint density at radius 1 is 1.15 bits per heavy atom. The zero-order valence-corrected chi connectivity index (χ0v) is 14.8.